The Bertz CT molecular complexity index is 977. The van der Waals surface area contributed by atoms with Gasteiger partial charge < -0.3 is 9.32 Å². The molecule has 0 saturated carbocycles. The summed E-state index contributed by atoms with van der Waals surface area (Å²) in [7, 11) is 0. The molecule has 0 bridgehead atoms. The molecule has 1 heterocycles. The van der Waals surface area contributed by atoms with Crippen molar-refractivity contribution in [2.24, 2.45) is 0 Å². The summed E-state index contributed by atoms with van der Waals surface area (Å²) in [6.45, 7) is 3.93. The molecule has 0 unspecified atom stereocenters. The normalized spacial score (nSPS) is 10.6. The molecule has 0 saturated heterocycles. The number of benzene rings is 2. The van der Waals surface area contributed by atoms with Crippen LogP contribution in [0.2, 0.25) is 0 Å². The maximum Gasteiger partial charge on any atom is 0.237 e. The van der Waals surface area contributed by atoms with E-state index in [1.165, 1.54) is 11.8 Å². The number of anilines is 1. The van der Waals surface area contributed by atoms with Crippen LogP contribution in [-0.2, 0) is 10.5 Å². The fourth-order valence-electron chi connectivity index (χ4n) is 2.85. The molecule has 0 N–H and O–H groups in total. The Morgan fingerprint density at radius 2 is 2.00 bits per heavy atom. The standard InChI is InChI=1S/C22H21N3O2S/c1-16(2)25(20-10-6-7-17(11-20)12-23)21(26)15-28-14-19-13-27-22(24-19)18-8-4-3-5-9-18/h3-11,13,16H,14-15H2,1-2H3. The van der Waals surface area contributed by atoms with E-state index < -0.39 is 0 Å². The van der Waals surface area contributed by atoms with E-state index in [0.29, 0.717) is 23.0 Å². The summed E-state index contributed by atoms with van der Waals surface area (Å²) in [4.78, 5) is 19.0. The fourth-order valence-corrected chi connectivity index (χ4v) is 3.61. The number of oxazole rings is 1. The molecule has 0 fully saturated rings. The van der Waals surface area contributed by atoms with Gasteiger partial charge in [0.25, 0.3) is 0 Å². The van der Waals surface area contributed by atoms with Crippen molar-refractivity contribution >= 4 is 23.4 Å². The third-order valence-corrected chi connectivity index (χ3v) is 5.04. The average molecular weight is 391 g/mol. The molecule has 5 nitrogen and oxygen atoms in total. The summed E-state index contributed by atoms with van der Waals surface area (Å²) in [5.74, 6) is 1.50. The number of carbonyl (C=O) groups is 1. The molecule has 142 valence electrons. The van der Waals surface area contributed by atoms with Gasteiger partial charge in [0.2, 0.25) is 11.8 Å². The minimum absolute atomic E-state index is 0.00113. The number of nitriles is 1. The molecular weight excluding hydrogens is 370 g/mol. The van der Waals surface area contributed by atoms with Gasteiger partial charge in [-0.3, -0.25) is 4.79 Å². The number of thioether (sulfide) groups is 1. The summed E-state index contributed by atoms with van der Waals surface area (Å²) in [6, 6.07) is 19.0. The Morgan fingerprint density at radius 3 is 2.71 bits per heavy atom. The van der Waals surface area contributed by atoms with E-state index >= 15 is 0 Å². The maximum atomic E-state index is 12.8. The van der Waals surface area contributed by atoms with Crippen LogP contribution in [0.1, 0.15) is 25.1 Å². The van der Waals surface area contributed by atoms with Crippen molar-refractivity contribution in [1.82, 2.24) is 4.98 Å². The van der Waals surface area contributed by atoms with Crippen molar-refractivity contribution in [1.29, 1.82) is 5.26 Å². The molecule has 0 spiro atoms. The highest BCUT2D eigenvalue weighted by Gasteiger charge is 2.19. The Morgan fingerprint density at radius 1 is 1.21 bits per heavy atom. The number of nitrogens with zero attached hydrogens (tertiary/aromatic N) is 3. The lowest BCUT2D eigenvalue weighted by Gasteiger charge is -2.27. The van der Waals surface area contributed by atoms with Gasteiger partial charge >= 0.3 is 0 Å². The van der Waals surface area contributed by atoms with Gasteiger partial charge in [-0.05, 0) is 44.2 Å². The van der Waals surface area contributed by atoms with Crippen LogP contribution >= 0.6 is 11.8 Å². The molecule has 0 aliphatic rings. The van der Waals surface area contributed by atoms with Crippen molar-refractivity contribution in [3.8, 4) is 17.5 Å². The average Bonchev–Trinajstić information content (AvgIpc) is 3.17. The molecule has 0 radical (unpaired) electrons. The number of rotatable bonds is 7. The molecule has 3 rings (SSSR count). The Hall–Kier alpha value is -3.04. The zero-order valence-electron chi connectivity index (χ0n) is 15.8. The first kappa shape index (κ1) is 19.7. The summed E-state index contributed by atoms with van der Waals surface area (Å²) in [6.07, 6.45) is 1.64. The number of aromatic nitrogens is 1. The van der Waals surface area contributed by atoms with Gasteiger partial charge in [0.1, 0.15) is 6.26 Å². The van der Waals surface area contributed by atoms with Gasteiger partial charge in [0, 0.05) is 23.0 Å². The van der Waals surface area contributed by atoms with Crippen LogP contribution < -0.4 is 4.90 Å². The zero-order valence-corrected chi connectivity index (χ0v) is 16.6. The Kier molecular flexibility index (Phi) is 6.51. The lowest BCUT2D eigenvalue weighted by atomic mass is 10.2. The van der Waals surface area contributed by atoms with Crippen LogP contribution in [0.4, 0.5) is 5.69 Å². The second-order valence-electron chi connectivity index (χ2n) is 6.52. The van der Waals surface area contributed by atoms with Crippen molar-refractivity contribution < 1.29 is 9.21 Å². The van der Waals surface area contributed by atoms with Gasteiger partial charge in [0.15, 0.2) is 0 Å². The largest absolute Gasteiger partial charge is 0.444 e. The third kappa shape index (κ3) is 4.81. The molecule has 0 aliphatic heterocycles. The molecule has 1 amide bonds. The molecule has 2 aromatic carbocycles. The smallest absolute Gasteiger partial charge is 0.237 e. The molecule has 0 atom stereocenters. The SMILES string of the molecule is CC(C)N(C(=O)CSCc1coc(-c2ccccc2)n1)c1cccc(C#N)c1. The van der Waals surface area contributed by atoms with Crippen LogP contribution in [0.3, 0.4) is 0 Å². The lowest BCUT2D eigenvalue weighted by Crippen LogP contribution is -2.38. The van der Waals surface area contributed by atoms with Crippen molar-refractivity contribution in [2.45, 2.75) is 25.6 Å². The van der Waals surface area contributed by atoms with Crippen LogP contribution in [0.25, 0.3) is 11.5 Å². The predicted octanol–water partition coefficient (Wildman–Crippen LogP) is 4.89. The first-order valence-electron chi connectivity index (χ1n) is 8.98. The van der Waals surface area contributed by atoms with Crippen LogP contribution in [0.5, 0.6) is 0 Å². The maximum absolute atomic E-state index is 12.8. The predicted molar refractivity (Wildman–Crippen MR) is 112 cm³/mol. The van der Waals surface area contributed by atoms with Gasteiger partial charge in [0.05, 0.1) is 23.1 Å². The van der Waals surface area contributed by atoms with Crippen LogP contribution in [0.15, 0.2) is 65.3 Å². The summed E-state index contributed by atoms with van der Waals surface area (Å²) in [5, 5.41) is 9.10. The Labute approximate surface area is 169 Å². The van der Waals surface area contributed by atoms with Crippen molar-refractivity contribution in [2.75, 3.05) is 10.7 Å². The van der Waals surface area contributed by atoms with Gasteiger partial charge in [-0.1, -0.05) is 24.3 Å². The number of carbonyl (C=O) groups excluding carboxylic acids is 1. The number of hydrogen-bond donors (Lipinski definition) is 0. The van der Waals surface area contributed by atoms with Crippen molar-refractivity contribution in [3.63, 3.8) is 0 Å². The first-order chi connectivity index (χ1) is 13.6. The second kappa shape index (κ2) is 9.25. The lowest BCUT2D eigenvalue weighted by molar-refractivity contribution is -0.116. The number of amides is 1. The van der Waals surface area contributed by atoms with E-state index in [4.69, 9.17) is 9.68 Å². The highest BCUT2D eigenvalue weighted by molar-refractivity contribution is 7.99. The Balaban J connectivity index is 1.61. The van der Waals surface area contributed by atoms with Crippen LogP contribution in [0, 0.1) is 11.3 Å². The molecule has 28 heavy (non-hydrogen) atoms. The fraction of sp³-hybridized carbons (Fsp3) is 0.227. The summed E-state index contributed by atoms with van der Waals surface area (Å²) >= 11 is 1.49. The van der Waals surface area contributed by atoms with Gasteiger partial charge in [-0.2, -0.15) is 5.26 Å². The van der Waals surface area contributed by atoms with E-state index in [-0.39, 0.29) is 11.9 Å². The monoisotopic (exact) mass is 391 g/mol. The van der Waals surface area contributed by atoms with E-state index in [1.54, 1.807) is 29.4 Å². The van der Waals surface area contributed by atoms with Gasteiger partial charge in [-0.25, -0.2) is 4.98 Å². The molecule has 3 aromatic rings. The first-order valence-corrected chi connectivity index (χ1v) is 10.1. The zero-order chi connectivity index (χ0) is 19.9. The van der Waals surface area contributed by atoms with Crippen molar-refractivity contribution in [3.05, 3.63) is 72.1 Å². The second-order valence-corrected chi connectivity index (χ2v) is 7.51. The summed E-state index contributed by atoms with van der Waals surface area (Å²) < 4.78 is 5.54. The molecular formula is C22H21N3O2S. The molecule has 0 aliphatic carbocycles. The van der Waals surface area contributed by atoms with Gasteiger partial charge in [-0.15, -0.1) is 11.8 Å². The van der Waals surface area contributed by atoms with E-state index in [1.807, 2.05) is 50.2 Å². The quantitative estimate of drug-likeness (QED) is 0.574. The number of hydrogen-bond acceptors (Lipinski definition) is 5. The molecule has 1 aromatic heterocycles. The highest BCUT2D eigenvalue weighted by Crippen LogP contribution is 2.23. The third-order valence-electron chi connectivity index (χ3n) is 4.09. The van der Waals surface area contributed by atoms with E-state index in [0.717, 1.165) is 16.9 Å². The minimum atomic E-state index is -0.00113. The minimum Gasteiger partial charge on any atom is -0.444 e. The summed E-state index contributed by atoms with van der Waals surface area (Å²) in [5.41, 5.74) is 3.02. The van der Waals surface area contributed by atoms with E-state index in [2.05, 4.69) is 11.1 Å². The van der Waals surface area contributed by atoms with E-state index in [9.17, 15) is 4.79 Å². The topological polar surface area (TPSA) is 70.1 Å². The van der Waals surface area contributed by atoms with Crippen LogP contribution in [-0.4, -0.2) is 22.7 Å². The highest BCUT2D eigenvalue weighted by atomic mass is 32.2. The molecule has 6 heteroatoms.